The highest BCUT2D eigenvalue weighted by Gasteiger charge is 2.67. The number of ketones is 1. The van der Waals surface area contributed by atoms with E-state index >= 15 is 4.39 Å². The average molecular weight is 607 g/mol. The highest BCUT2D eigenvalue weighted by Crippen LogP contribution is 2.52. The number of sulfonamides is 2. The van der Waals surface area contributed by atoms with Crippen LogP contribution < -0.4 is 5.73 Å². The van der Waals surface area contributed by atoms with Crippen LogP contribution in [0.4, 0.5) is 8.78 Å². The van der Waals surface area contributed by atoms with Gasteiger partial charge in [-0.25, -0.2) is 34.9 Å². The van der Waals surface area contributed by atoms with Crippen LogP contribution in [0.15, 0.2) is 64.9 Å². The van der Waals surface area contributed by atoms with Gasteiger partial charge in [-0.2, -0.15) is 4.31 Å². The molecule has 2 aliphatic heterocycles. The van der Waals surface area contributed by atoms with Gasteiger partial charge in [-0.3, -0.25) is 9.78 Å². The first-order valence-corrected chi connectivity index (χ1v) is 15.4. The Balaban J connectivity index is 1.60. The number of nitrogens with zero attached hydrogens (tertiary/aromatic N) is 5. The molecule has 1 saturated heterocycles. The number of nitrogens with two attached hydrogens (primary N) is 1. The van der Waals surface area contributed by atoms with Crippen molar-refractivity contribution in [3.8, 4) is 0 Å². The number of aliphatic imine (C=N–C) groups is 1. The van der Waals surface area contributed by atoms with Crippen LogP contribution in [0.1, 0.15) is 35.0 Å². The van der Waals surface area contributed by atoms with Gasteiger partial charge in [-0.15, -0.1) is 0 Å². The molecule has 2 aromatic heterocycles. The third-order valence-corrected chi connectivity index (χ3v) is 12.4. The molecule has 5 rings (SSSR count). The summed E-state index contributed by atoms with van der Waals surface area (Å²) in [6.07, 6.45) is 3.44. The molecule has 1 spiro atoms. The number of rotatable bonds is 6. The number of pyridine rings is 1. The lowest BCUT2D eigenvalue weighted by molar-refractivity contribution is 0.0988. The Morgan fingerprint density at radius 3 is 2.51 bits per heavy atom. The first-order valence-electron chi connectivity index (χ1n) is 12.5. The summed E-state index contributed by atoms with van der Waals surface area (Å²) in [4.78, 5) is 21.1. The molecule has 4 heterocycles. The number of Topliss-reactive ketones (excluding diaryl/α,β-unsaturated/α-hetero) is 1. The molecule has 2 N–H and O–H groups in total. The van der Waals surface area contributed by atoms with Gasteiger partial charge in [0.1, 0.15) is 27.6 Å². The highest BCUT2D eigenvalue weighted by atomic mass is 32.2. The van der Waals surface area contributed by atoms with Gasteiger partial charge in [-0.05, 0) is 49.2 Å². The van der Waals surface area contributed by atoms with Crippen molar-refractivity contribution in [1.29, 1.82) is 0 Å². The molecule has 41 heavy (non-hydrogen) atoms. The third kappa shape index (κ3) is 4.42. The van der Waals surface area contributed by atoms with E-state index in [1.807, 2.05) is 0 Å². The normalized spacial score (nSPS) is 24.5. The van der Waals surface area contributed by atoms with Gasteiger partial charge in [0.2, 0.25) is 26.0 Å². The van der Waals surface area contributed by atoms with E-state index in [2.05, 4.69) is 9.98 Å². The fourth-order valence-corrected chi connectivity index (χ4v) is 9.33. The summed E-state index contributed by atoms with van der Waals surface area (Å²) < 4.78 is 85.4. The van der Waals surface area contributed by atoms with Gasteiger partial charge in [0.25, 0.3) is 0 Å². The van der Waals surface area contributed by atoms with E-state index in [-0.39, 0.29) is 41.5 Å². The van der Waals surface area contributed by atoms with Gasteiger partial charge in [0.05, 0.1) is 11.1 Å². The molecule has 0 bridgehead atoms. The van der Waals surface area contributed by atoms with Crippen LogP contribution in [0.25, 0.3) is 0 Å². The number of halogens is 2. The molecule has 218 valence electrons. The van der Waals surface area contributed by atoms with Crippen molar-refractivity contribution < 1.29 is 30.4 Å². The van der Waals surface area contributed by atoms with E-state index in [1.165, 1.54) is 44.4 Å². The van der Waals surface area contributed by atoms with E-state index in [0.717, 1.165) is 26.9 Å². The van der Waals surface area contributed by atoms with E-state index in [1.54, 1.807) is 17.8 Å². The van der Waals surface area contributed by atoms with Gasteiger partial charge in [0, 0.05) is 51.6 Å². The summed E-state index contributed by atoms with van der Waals surface area (Å²) in [7, 11) is -5.61. The van der Waals surface area contributed by atoms with Gasteiger partial charge >= 0.3 is 0 Å². The molecule has 0 saturated carbocycles. The Morgan fingerprint density at radius 2 is 1.88 bits per heavy atom. The molecule has 0 radical (unpaired) electrons. The van der Waals surface area contributed by atoms with Crippen molar-refractivity contribution in [2.24, 2.45) is 17.8 Å². The zero-order chi connectivity index (χ0) is 30.0. The molecule has 2 atom stereocenters. The van der Waals surface area contributed by atoms with E-state index in [9.17, 15) is 26.0 Å². The monoisotopic (exact) mass is 606 g/mol. The third-order valence-electron chi connectivity index (χ3n) is 7.97. The Bertz CT molecular complexity index is 1790. The number of hydrogen-bond donors (Lipinski definition) is 1. The molecule has 0 amide bonds. The predicted molar refractivity (Wildman–Crippen MR) is 146 cm³/mol. The Hall–Kier alpha value is -3.69. The maximum absolute atomic E-state index is 15.6. The average Bonchev–Trinajstić information content (AvgIpc) is 3.58. The zero-order valence-electron chi connectivity index (χ0n) is 22.5. The molecule has 0 unspecified atom stereocenters. The topological polar surface area (TPSA) is 148 Å². The van der Waals surface area contributed by atoms with Crippen molar-refractivity contribution in [2.75, 3.05) is 20.1 Å². The molecule has 1 aromatic carbocycles. The minimum Gasteiger partial charge on any atom is -0.369 e. The maximum Gasteiger partial charge on any atom is 0.247 e. The molecule has 0 aliphatic carbocycles. The van der Waals surface area contributed by atoms with Crippen molar-refractivity contribution in [3.05, 3.63) is 83.4 Å². The van der Waals surface area contributed by atoms with Crippen LogP contribution in [0.5, 0.6) is 0 Å². The first-order chi connectivity index (χ1) is 19.1. The number of guanidine groups is 1. The number of carbonyl (C=O) groups is 1. The van der Waals surface area contributed by atoms with Crippen LogP contribution >= 0.6 is 0 Å². The second-order valence-corrected chi connectivity index (χ2v) is 14.6. The Morgan fingerprint density at radius 1 is 1.15 bits per heavy atom. The smallest absolute Gasteiger partial charge is 0.247 e. The predicted octanol–water partition coefficient (Wildman–Crippen LogP) is 1.76. The van der Waals surface area contributed by atoms with Crippen molar-refractivity contribution >= 4 is 31.8 Å². The quantitative estimate of drug-likeness (QED) is 0.421. The summed E-state index contributed by atoms with van der Waals surface area (Å²) in [6.45, 7) is 0.742. The van der Waals surface area contributed by atoms with Crippen molar-refractivity contribution in [3.63, 3.8) is 0 Å². The van der Waals surface area contributed by atoms with E-state index < -0.39 is 54.3 Å². The fourth-order valence-electron chi connectivity index (χ4n) is 5.56. The van der Waals surface area contributed by atoms with Crippen molar-refractivity contribution in [2.45, 2.75) is 34.9 Å². The zero-order valence-corrected chi connectivity index (χ0v) is 24.1. The SMILES string of the molecule is CN1C(N)=N[C@](C)(c2cc(CC(=O)c3ccc(F)cn3)ccc2F)[C@@]2(CCN(S(=O)(=O)c3ccn(C)c3)C2)S1(=O)=O. The van der Waals surface area contributed by atoms with Crippen LogP contribution in [-0.2, 0) is 39.1 Å². The number of aromatic nitrogens is 2. The molecule has 3 aromatic rings. The van der Waals surface area contributed by atoms with Gasteiger partial charge in [0.15, 0.2) is 5.78 Å². The molecule has 15 heteroatoms. The standard InChI is InChI=1S/C26H28F2N6O5S2/c1-25(20-12-17(4-6-21(20)28)13-23(35)22-7-5-18(27)14-30-22)26(41(38,39)33(3)24(29)31-25)9-11-34(16-26)40(36,37)19-8-10-32(2)15-19/h4-8,10,12,14-15H,9,11,13,16H2,1-3H3,(H2,29,31)/t25-,26+/m1/s1. The lowest BCUT2D eigenvalue weighted by Crippen LogP contribution is -2.66. The van der Waals surface area contributed by atoms with E-state index in [0.29, 0.717) is 5.56 Å². The summed E-state index contributed by atoms with van der Waals surface area (Å²) in [5.41, 5.74) is 4.33. The fraction of sp³-hybridized carbons (Fsp3) is 0.346. The molecule has 11 nitrogen and oxygen atoms in total. The largest absolute Gasteiger partial charge is 0.369 e. The number of hydrogen-bond acceptors (Lipinski definition) is 8. The molecular weight excluding hydrogens is 578 g/mol. The second-order valence-electron chi connectivity index (χ2n) is 10.4. The van der Waals surface area contributed by atoms with Crippen LogP contribution in [0.2, 0.25) is 0 Å². The maximum atomic E-state index is 15.6. The van der Waals surface area contributed by atoms with Crippen molar-refractivity contribution in [1.82, 2.24) is 18.2 Å². The van der Waals surface area contributed by atoms with Gasteiger partial charge < -0.3 is 10.3 Å². The van der Waals surface area contributed by atoms with Crippen LogP contribution in [-0.4, -0.2) is 71.6 Å². The number of aryl methyl sites for hydroxylation is 1. The lowest BCUT2D eigenvalue weighted by atomic mass is 9.77. The number of carbonyl (C=O) groups excluding carboxylic acids is 1. The summed E-state index contributed by atoms with van der Waals surface area (Å²) >= 11 is 0. The van der Waals surface area contributed by atoms with Gasteiger partial charge in [-0.1, -0.05) is 6.07 Å². The van der Waals surface area contributed by atoms with Crippen LogP contribution in [0, 0.1) is 11.6 Å². The Labute approximate surface area is 236 Å². The number of benzene rings is 1. The molecular formula is C26H28F2N6O5S2. The Kier molecular flexibility index (Phi) is 6.82. The van der Waals surface area contributed by atoms with E-state index in [4.69, 9.17) is 5.73 Å². The van der Waals surface area contributed by atoms with Crippen LogP contribution in [0.3, 0.4) is 0 Å². The molecule has 2 aliphatic rings. The minimum absolute atomic E-state index is 0.00152. The molecule has 1 fully saturated rings. The first kappa shape index (κ1) is 28.8. The highest BCUT2D eigenvalue weighted by molar-refractivity contribution is 7.91. The second kappa shape index (κ2) is 9.70. The summed E-state index contributed by atoms with van der Waals surface area (Å²) in [5, 5.41) is 0. The summed E-state index contributed by atoms with van der Waals surface area (Å²) in [6, 6.07) is 7.54. The summed E-state index contributed by atoms with van der Waals surface area (Å²) in [5.74, 6) is -2.27. The lowest BCUT2D eigenvalue weighted by Gasteiger charge is -2.48. The minimum atomic E-state index is -4.39.